The van der Waals surface area contributed by atoms with Gasteiger partial charge in [-0.15, -0.1) is 0 Å². The highest BCUT2D eigenvalue weighted by molar-refractivity contribution is 5.41. The van der Waals surface area contributed by atoms with Gasteiger partial charge in [-0.3, -0.25) is 0 Å². The molecule has 1 rings (SSSR count). The van der Waals surface area contributed by atoms with E-state index in [9.17, 15) is 13.2 Å². The Morgan fingerprint density at radius 1 is 1.40 bits per heavy atom. The summed E-state index contributed by atoms with van der Waals surface area (Å²) in [6.45, 7) is 2.95. The Morgan fingerprint density at radius 3 is 2.60 bits per heavy atom. The average Bonchev–Trinajstić information content (AvgIpc) is 2.12. The zero-order valence-corrected chi connectivity index (χ0v) is 7.71. The highest BCUT2D eigenvalue weighted by Crippen LogP contribution is 2.38. The third-order valence-corrected chi connectivity index (χ3v) is 1.77. The third kappa shape index (κ3) is 2.65. The van der Waals surface area contributed by atoms with E-state index in [0.717, 1.165) is 12.3 Å². The van der Waals surface area contributed by atoms with Crippen LogP contribution in [-0.4, -0.2) is 5.11 Å². The van der Waals surface area contributed by atoms with Crippen LogP contribution in [0.25, 0.3) is 0 Å². The van der Waals surface area contributed by atoms with Gasteiger partial charge in [-0.2, -0.15) is 13.2 Å². The normalized spacial score (nSPS) is 11.1. The fourth-order valence-electron chi connectivity index (χ4n) is 1.18. The van der Waals surface area contributed by atoms with Gasteiger partial charge in [0.1, 0.15) is 17.9 Å². The van der Waals surface area contributed by atoms with Crippen LogP contribution in [0.4, 0.5) is 13.2 Å². The van der Waals surface area contributed by atoms with Gasteiger partial charge in [0.25, 0.3) is 0 Å². The molecule has 1 N–H and O–H groups in total. The van der Waals surface area contributed by atoms with Crippen LogP contribution >= 0.6 is 0 Å². The van der Waals surface area contributed by atoms with Crippen LogP contribution in [0.15, 0.2) is 31.0 Å². The Balaban J connectivity index is 3.14. The van der Waals surface area contributed by atoms with E-state index in [1.54, 1.807) is 0 Å². The van der Waals surface area contributed by atoms with Crippen LogP contribution in [0.3, 0.4) is 0 Å². The van der Waals surface area contributed by atoms with Crippen molar-refractivity contribution in [3.8, 4) is 5.75 Å². The first kappa shape index (κ1) is 11.4. The molecule has 0 spiro atoms. The number of benzene rings is 1. The minimum atomic E-state index is -4.59. The molecule has 0 unspecified atom stereocenters. The van der Waals surface area contributed by atoms with Gasteiger partial charge in [0.05, 0.1) is 6.26 Å². The molecule has 0 saturated heterocycles. The molecule has 0 bridgehead atoms. The summed E-state index contributed by atoms with van der Waals surface area (Å²) in [5.41, 5.74) is -1.19. The molecule has 0 atom stereocenters. The van der Waals surface area contributed by atoms with Crippen molar-refractivity contribution in [2.24, 2.45) is 0 Å². The molecule has 0 amide bonds. The number of alkyl halides is 3. The first-order valence-corrected chi connectivity index (χ1v) is 4.07. The first-order valence-electron chi connectivity index (χ1n) is 4.07. The van der Waals surface area contributed by atoms with Crippen molar-refractivity contribution >= 4 is 0 Å². The van der Waals surface area contributed by atoms with Crippen LogP contribution in [0.2, 0.25) is 0 Å². The molecular formula is C10H9F3O2. The molecule has 5 heteroatoms. The monoisotopic (exact) mass is 218 g/mol. The van der Waals surface area contributed by atoms with E-state index in [2.05, 4.69) is 11.3 Å². The molecule has 0 heterocycles. The lowest BCUT2D eigenvalue weighted by Gasteiger charge is -2.13. The summed E-state index contributed by atoms with van der Waals surface area (Å²) in [4.78, 5) is 0. The quantitative estimate of drug-likeness (QED) is 0.790. The molecule has 0 aliphatic rings. The molecule has 0 aliphatic heterocycles. The van der Waals surface area contributed by atoms with E-state index in [1.807, 2.05) is 0 Å². The van der Waals surface area contributed by atoms with Gasteiger partial charge in [-0.1, -0.05) is 18.7 Å². The van der Waals surface area contributed by atoms with Gasteiger partial charge < -0.3 is 9.84 Å². The van der Waals surface area contributed by atoms with Crippen LogP contribution in [0.5, 0.6) is 5.75 Å². The van der Waals surface area contributed by atoms with E-state index in [-0.39, 0.29) is 12.2 Å². The second-order valence-electron chi connectivity index (χ2n) is 2.79. The van der Waals surface area contributed by atoms with Crippen LogP contribution < -0.4 is 0 Å². The van der Waals surface area contributed by atoms with Gasteiger partial charge in [-0.05, 0) is 6.07 Å². The van der Waals surface area contributed by atoms with Gasteiger partial charge in [-0.25, -0.2) is 0 Å². The molecule has 0 saturated carbocycles. The Labute approximate surface area is 84.6 Å². The largest absolute Gasteiger partial charge is 0.507 e. The molecule has 0 aromatic heterocycles. The van der Waals surface area contributed by atoms with Crippen LogP contribution in [0, 0.1) is 0 Å². The lowest BCUT2D eigenvalue weighted by molar-refractivity contribution is -0.139. The molecule has 82 valence electrons. The highest BCUT2D eigenvalue weighted by Gasteiger charge is 2.36. The maximum atomic E-state index is 12.5. The number of phenolic OH excluding ortho intramolecular Hbond substituents is 1. The fourth-order valence-corrected chi connectivity index (χ4v) is 1.18. The topological polar surface area (TPSA) is 29.5 Å². The molecule has 1 aromatic rings. The number of phenols is 1. The molecule has 0 fully saturated rings. The summed E-state index contributed by atoms with van der Waals surface area (Å²) in [5, 5.41) is 9.12. The second-order valence-corrected chi connectivity index (χ2v) is 2.79. The van der Waals surface area contributed by atoms with Crippen molar-refractivity contribution in [2.75, 3.05) is 0 Å². The number of rotatable bonds is 3. The van der Waals surface area contributed by atoms with E-state index >= 15 is 0 Å². The van der Waals surface area contributed by atoms with Gasteiger partial charge in [0.2, 0.25) is 0 Å². The zero-order valence-electron chi connectivity index (χ0n) is 7.71. The standard InChI is InChI=1S/C10H9F3O2/c1-2-15-6-7-4-3-5-8(14)9(7)10(11,12)13/h2-5,14H,1,6H2. The minimum absolute atomic E-state index is 0.123. The Kier molecular flexibility index (Phi) is 3.24. The van der Waals surface area contributed by atoms with Crippen LogP contribution in [-0.2, 0) is 17.5 Å². The fraction of sp³-hybridized carbons (Fsp3) is 0.200. The molecule has 0 radical (unpaired) electrons. The van der Waals surface area contributed by atoms with Gasteiger partial charge in [0, 0.05) is 5.56 Å². The molecule has 1 aromatic carbocycles. The molecular weight excluding hydrogens is 209 g/mol. The Bertz CT molecular complexity index is 358. The van der Waals surface area contributed by atoms with E-state index < -0.39 is 17.5 Å². The SMILES string of the molecule is C=COCc1cccc(O)c1C(F)(F)F. The van der Waals surface area contributed by atoms with Gasteiger partial charge in [0.15, 0.2) is 0 Å². The highest BCUT2D eigenvalue weighted by atomic mass is 19.4. The maximum Gasteiger partial charge on any atom is 0.420 e. The van der Waals surface area contributed by atoms with Crippen molar-refractivity contribution in [1.29, 1.82) is 0 Å². The van der Waals surface area contributed by atoms with Gasteiger partial charge >= 0.3 is 6.18 Å². The van der Waals surface area contributed by atoms with Crippen molar-refractivity contribution in [1.82, 2.24) is 0 Å². The van der Waals surface area contributed by atoms with Crippen LogP contribution in [0.1, 0.15) is 11.1 Å². The number of aromatic hydroxyl groups is 1. The predicted molar refractivity (Wildman–Crippen MR) is 48.1 cm³/mol. The third-order valence-electron chi connectivity index (χ3n) is 1.77. The number of hydrogen-bond acceptors (Lipinski definition) is 2. The summed E-state index contributed by atoms with van der Waals surface area (Å²) in [6, 6.07) is 3.55. The molecule has 15 heavy (non-hydrogen) atoms. The Morgan fingerprint density at radius 2 is 2.07 bits per heavy atom. The molecule has 0 aliphatic carbocycles. The smallest absolute Gasteiger partial charge is 0.420 e. The minimum Gasteiger partial charge on any atom is -0.507 e. The average molecular weight is 218 g/mol. The molecule has 2 nitrogen and oxygen atoms in total. The number of halogens is 3. The van der Waals surface area contributed by atoms with Crippen molar-refractivity contribution < 1.29 is 23.0 Å². The first-order chi connectivity index (χ1) is 6.96. The number of ether oxygens (including phenoxy) is 1. The maximum absolute atomic E-state index is 12.5. The number of hydrogen-bond donors (Lipinski definition) is 1. The lowest BCUT2D eigenvalue weighted by Crippen LogP contribution is -2.09. The van der Waals surface area contributed by atoms with Crippen molar-refractivity contribution in [2.45, 2.75) is 12.8 Å². The van der Waals surface area contributed by atoms with Crippen molar-refractivity contribution in [3.63, 3.8) is 0 Å². The van der Waals surface area contributed by atoms with E-state index in [0.29, 0.717) is 0 Å². The van der Waals surface area contributed by atoms with Crippen molar-refractivity contribution in [3.05, 3.63) is 42.2 Å². The Hall–Kier alpha value is -1.65. The second kappa shape index (κ2) is 4.25. The summed E-state index contributed by atoms with van der Waals surface area (Å²) >= 11 is 0. The summed E-state index contributed by atoms with van der Waals surface area (Å²) < 4.78 is 42.1. The lowest BCUT2D eigenvalue weighted by atomic mass is 10.1. The summed E-state index contributed by atoms with van der Waals surface area (Å²) in [6.07, 6.45) is -3.55. The summed E-state index contributed by atoms with van der Waals surface area (Å²) in [5.74, 6) is -0.798. The zero-order chi connectivity index (χ0) is 11.5. The van der Waals surface area contributed by atoms with E-state index in [4.69, 9.17) is 5.11 Å². The predicted octanol–water partition coefficient (Wildman–Crippen LogP) is 3.07. The van der Waals surface area contributed by atoms with E-state index in [1.165, 1.54) is 12.1 Å². The summed E-state index contributed by atoms with van der Waals surface area (Å²) in [7, 11) is 0.